The van der Waals surface area contributed by atoms with E-state index in [-0.39, 0.29) is 18.3 Å². The van der Waals surface area contributed by atoms with Gasteiger partial charge in [0.25, 0.3) is 0 Å². The fraction of sp³-hybridized carbons (Fsp3) is 0.300. The minimum Gasteiger partial charge on any atom is -0.445 e. The Bertz CT molecular complexity index is 795. The summed E-state index contributed by atoms with van der Waals surface area (Å²) in [6.07, 6.45) is 0.767. The first-order chi connectivity index (χ1) is 12.6. The number of nitrogens with one attached hydrogen (secondary N) is 1. The molecule has 1 fully saturated rings. The number of halogens is 1. The smallest absolute Gasteiger partial charge is 0.410 e. The second-order valence-corrected chi connectivity index (χ2v) is 6.29. The largest absolute Gasteiger partial charge is 0.445 e. The summed E-state index contributed by atoms with van der Waals surface area (Å²) < 4.78 is 19.0. The zero-order chi connectivity index (χ0) is 18.5. The fourth-order valence-electron chi connectivity index (χ4n) is 3.02. The zero-order valence-electron chi connectivity index (χ0n) is 14.6. The van der Waals surface area contributed by atoms with Crippen molar-refractivity contribution in [3.8, 4) is 0 Å². The SMILES string of the molecule is Cc1c(F)cccc1NC(=O)[C@H]1CCCN1C(=O)OCc1ccccc1. The predicted molar refractivity (Wildman–Crippen MR) is 96.1 cm³/mol. The lowest BCUT2D eigenvalue weighted by atomic mass is 10.1. The molecule has 2 aromatic carbocycles. The molecule has 0 aromatic heterocycles. The third kappa shape index (κ3) is 4.02. The van der Waals surface area contributed by atoms with Crippen molar-refractivity contribution in [1.82, 2.24) is 4.90 Å². The second-order valence-electron chi connectivity index (χ2n) is 6.29. The molecular formula is C20H21FN2O3. The number of rotatable bonds is 4. The first kappa shape index (κ1) is 17.9. The van der Waals surface area contributed by atoms with Gasteiger partial charge in [0.2, 0.25) is 5.91 Å². The summed E-state index contributed by atoms with van der Waals surface area (Å²) in [7, 11) is 0. The molecular weight excluding hydrogens is 335 g/mol. The van der Waals surface area contributed by atoms with Crippen molar-refractivity contribution >= 4 is 17.7 Å². The van der Waals surface area contributed by atoms with Crippen molar-refractivity contribution in [2.75, 3.05) is 11.9 Å². The van der Waals surface area contributed by atoms with Gasteiger partial charge < -0.3 is 10.1 Å². The van der Waals surface area contributed by atoms with E-state index >= 15 is 0 Å². The fourth-order valence-corrected chi connectivity index (χ4v) is 3.02. The average molecular weight is 356 g/mol. The summed E-state index contributed by atoms with van der Waals surface area (Å²) in [6, 6.07) is 13.3. The maximum Gasteiger partial charge on any atom is 0.410 e. The number of amides is 2. The van der Waals surface area contributed by atoms with Crippen LogP contribution in [0.1, 0.15) is 24.0 Å². The van der Waals surface area contributed by atoms with E-state index in [0.717, 1.165) is 12.0 Å². The Balaban J connectivity index is 1.62. The third-order valence-electron chi connectivity index (χ3n) is 4.52. The second kappa shape index (κ2) is 7.99. The van der Waals surface area contributed by atoms with E-state index in [1.54, 1.807) is 19.1 Å². The lowest BCUT2D eigenvalue weighted by Crippen LogP contribution is -2.43. The highest BCUT2D eigenvalue weighted by atomic mass is 19.1. The Morgan fingerprint density at radius 1 is 1.19 bits per heavy atom. The van der Waals surface area contributed by atoms with Gasteiger partial charge in [-0.2, -0.15) is 0 Å². The number of hydrogen-bond acceptors (Lipinski definition) is 3. The van der Waals surface area contributed by atoms with Crippen molar-refractivity contribution < 1.29 is 18.7 Å². The summed E-state index contributed by atoms with van der Waals surface area (Å²) in [5.41, 5.74) is 1.67. The summed E-state index contributed by atoms with van der Waals surface area (Å²) in [4.78, 5) is 26.4. The van der Waals surface area contributed by atoms with Crippen LogP contribution in [0.5, 0.6) is 0 Å². The van der Waals surface area contributed by atoms with Gasteiger partial charge in [-0.3, -0.25) is 9.69 Å². The van der Waals surface area contributed by atoms with Gasteiger partial charge in [0.1, 0.15) is 18.5 Å². The van der Waals surface area contributed by atoms with Crippen LogP contribution in [0.2, 0.25) is 0 Å². The Labute approximate surface area is 151 Å². The van der Waals surface area contributed by atoms with Crippen LogP contribution >= 0.6 is 0 Å². The topological polar surface area (TPSA) is 58.6 Å². The summed E-state index contributed by atoms with van der Waals surface area (Å²) >= 11 is 0. The molecule has 2 aromatic rings. The lowest BCUT2D eigenvalue weighted by Gasteiger charge is -2.23. The van der Waals surface area contributed by atoms with E-state index in [4.69, 9.17) is 4.74 Å². The molecule has 0 aliphatic carbocycles. The molecule has 5 nitrogen and oxygen atoms in total. The molecule has 3 rings (SSSR count). The number of carbonyl (C=O) groups is 2. The van der Waals surface area contributed by atoms with E-state index in [0.29, 0.717) is 24.2 Å². The lowest BCUT2D eigenvalue weighted by molar-refractivity contribution is -0.120. The molecule has 0 bridgehead atoms. The molecule has 1 N–H and O–H groups in total. The zero-order valence-corrected chi connectivity index (χ0v) is 14.6. The van der Waals surface area contributed by atoms with E-state index in [1.807, 2.05) is 30.3 Å². The summed E-state index contributed by atoms with van der Waals surface area (Å²) in [5, 5.41) is 2.72. The van der Waals surface area contributed by atoms with Crippen LogP contribution in [0.25, 0.3) is 0 Å². The van der Waals surface area contributed by atoms with E-state index in [1.165, 1.54) is 11.0 Å². The van der Waals surface area contributed by atoms with Crippen molar-refractivity contribution in [3.05, 3.63) is 65.5 Å². The van der Waals surface area contributed by atoms with Crippen molar-refractivity contribution in [2.24, 2.45) is 0 Å². The third-order valence-corrected chi connectivity index (χ3v) is 4.52. The number of anilines is 1. The molecule has 0 spiro atoms. The van der Waals surface area contributed by atoms with Gasteiger partial charge in [0.15, 0.2) is 0 Å². The molecule has 136 valence electrons. The van der Waals surface area contributed by atoms with Crippen LogP contribution < -0.4 is 5.32 Å². The highest BCUT2D eigenvalue weighted by Crippen LogP contribution is 2.23. The van der Waals surface area contributed by atoms with E-state index < -0.39 is 12.1 Å². The number of carbonyl (C=O) groups excluding carboxylic acids is 2. The van der Waals surface area contributed by atoms with Gasteiger partial charge in [-0.25, -0.2) is 9.18 Å². The van der Waals surface area contributed by atoms with Crippen LogP contribution in [-0.2, 0) is 16.1 Å². The van der Waals surface area contributed by atoms with Crippen LogP contribution in [0.3, 0.4) is 0 Å². The molecule has 6 heteroatoms. The summed E-state index contributed by atoms with van der Waals surface area (Å²) in [6.45, 7) is 2.23. The standard InChI is InChI=1S/C20H21FN2O3/c1-14-16(21)9-5-10-17(14)22-19(24)18-11-6-12-23(18)20(25)26-13-15-7-3-2-4-8-15/h2-5,7-10,18H,6,11-13H2,1H3,(H,22,24)/t18-/m1/s1. The maximum absolute atomic E-state index is 13.6. The van der Waals surface area contributed by atoms with Crippen LogP contribution in [0, 0.1) is 12.7 Å². The quantitative estimate of drug-likeness (QED) is 0.905. The summed E-state index contributed by atoms with van der Waals surface area (Å²) in [5.74, 6) is -0.707. The number of hydrogen-bond donors (Lipinski definition) is 1. The van der Waals surface area contributed by atoms with Gasteiger partial charge in [0, 0.05) is 17.8 Å². The molecule has 2 amide bonds. The van der Waals surface area contributed by atoms with Crippen LogP contribution in [0.15, 0.2) is 48.5 Å². The van der Waals surface area contributed by atoms with Crippen LogP contribution in [0.4, 0.5) is 14.9 Å². The average Bonchev–Trinajstić information content (AvgIpc) is 3.14. The number of ether oxygens (including phenoxy) is 1. The molecule has 0 unspecified atom stereocenters. The van der Waals surface area contributed by atoms with Gasteiger partial charge in [0.05, 0.1) is 0 Å². The molecule has 1 saturated heterocycles. The molecule has 0 radical (unpaired) electrons. The first-order valence-electron chi connectivity index (χ1n) is 8.59. The Morgan fingerprint density at radius 3 is 2.73 bits per heavy atom. The number of benzene rings is 2. The van der Waals surface area contributed by atoms with Crippen LogP contribution in [-0.4, -0.2) is 29.5 Å². The van der Waals surface area contributed by atoms with Gasteiger partial charge in [-0.1, -0.05) is 36.4 Å². The van der Waals surface area contributed by atoms with Crippen molar-refractivity contribution in [2.45, 2.75) is 32.4 Å². The van der Waals surface area contributed by atoms with E-state index in [2.05, 4.69) is 5.32 Å². The monoisotopic (exact) mass is 356 g/mol. The highest BCUT2D eigenvalue weighted by Gasteiger charge is 2.35. The Hall–Kier alpha value is -2.89. The van der Waals surface area contributed by atoms with E-state index in [9.17, 15) is 14.0 Å². The molecule has 1 aliphatic heterocycles. The first-order valence-corrected chi connectivity index (χ1v) is 8.59. The molecule has 0 saturated carbocycles. The minimum atomic E-state index is -0.610. The predicted octanol–water partition coefficient (Wildman–Crippen LogP) is 3.87. The minimum absolute atomic E-state index is 0.160. The maximum atomic E-state index is 13.6. The van der Waals surface area contributed by atoms with Gasteiger partial charge in [-0.05, 0) is 37.5 Å². The molecule has 26 heavy (non-hydrogen) atoms. The van der Waals surface area contributed by atoms with Gasteiger partial charge in [-0.15, -0.1) is 0 Å². The van der Waals surface area contributed by atoms with Crippen molar-refractivity contribution in [3.63, 3.8) is 0 Å². The van der Waals surface area contributed by atoms with Crippen molar-refractivity contribution in [1.29, 1.82) is 0 Å². The Kier molecular flexibility index (Phi) is 5.51. The Morgan fingerprint density at radius 2 is 1.96 bits per heavy atom. The number of likely N-dealkylation sites (tertiary alicyclic amines) is 1. The molecule has 1 aliphatic rings. The molecule has 1 atom stereocenters. The molecule has 1 heterocycles. The number of nitrogens with zero attached hydrogens (tertiary/aromatic N) is 1. The normalized spacial score (nSPS) is 16.4. The van der Waals surface area contributed by atoms with Gasteiger partial charge >= 0.3 is 6.09 Å². The highest BCUT2D eigenvalue weighted by molar-refractivity contribution is 5.97.